The molecule has 0 aromatic carbocycles. The Labute approximate surface area is 131 Å². The van der Waals surface area contributed by atoms with E-state index in [9.17, 15) is 4.79 Å². The van der Waals surface area contributed by atoms with E-state index in [2.05, 4.69) is 10.2 Å². The van der Waals surface area contributed by atoms with Crippen LogP contribution >= 0.6 is 11.3 Å². The average Bonchev–Trinajstić information content (AvgIpc) is 3.28. The van der Waals surface area contributed by atoms with Crippen LogP contribution in [0.2, 0.25) is 0 Å². The zero-order chi connectivity index (χ0) is 14.9. The van der Waals surface area contributed by atoms with Crippen molar-refractivity contribution in [3.8, 4) is 10.8 Å². The van der Waals surface area contributed by atoms with E-state index in [4.69, 9.17) is 4.42 Å². The summed E-state index contributed by atoms with van der Waals surface area (Å²) in [5.74, 6) is -0.0750. The van der Waals surface area contributed by atoms with Gasteiger partial charge in [0.25, 0.3) is 5.89 Å². The summed E-state index contributed by atoms with van der Waals surface area (Å²) in [4.78, 5) is 12.8. The van der Waals surface area contributed by atoms with E-state index in [0.29, 0.717) is 18.5 Å². The lowest BCUT2D eigenvalue weighted by Crippen LogP contribution is -2.17. The van der Waals surface area contributed by atoms with Gasteiger partial charge in [-0.05, 0) is 30.4 Å². The van der Waals surface area contributed by atoms with Gasteiger partial charge < -0.3 is 4.42 Å². The van der Waals surface area contributed by atoms with Crippen LogP contribution in [0.1, 0.15) is 37.4 Å². The maximum absolute atomic E-state index is 11.9. The molecule has 3 aromatic heterocycles. The third kappa shape index (κ3) is 2.52. The van der Waals surface area contributed by atoms with Crippen LogP contribution in [0, 0.1) is 0 Å². The monoisotopic (exact) mass is 316 g/mol. The van der Waals surface area contributed by atoms with Crippen molar-refractivity contribution in [1.29, 1.82) is 0 Å². The van der Waals surface area contributed by atoms with E-state index in [1.54, 1.807) is 0 Å². The maximum Gasteiger partial charge on any atom is 0.437 e. The van der Waals surface area contributed by atoms with Gasteiger partial charge in [0, 0.05) is 6.20 Å². The quantitative estimate of drug-likeness (QED) is 0.742. The highest BCUT2D eigenvalue weighted by Crippen LogP contribution is 2.28. The van der Waals surface area contributed by atoms with Gasteiger partial charge in [-0.1, -0.05) is 18.9 Å². The van der Waals surface area contributed by atoms with Gasteiger partial charge in [0.15, 0.2) is 0 Å². The highest BCUT2D eigenvalue weighted by atomic mass is 32.1. The van der Waals surface area contributed by atoms with Crippen molar-refractivity contribution < 1.29 is 4.42 Å². The van der Waals surface area contributed by atoms with Gasteiger partial charge in [-0.15, -0.1) is 16.4 Å². The summed E-state index contributed by atoms with van der Waals surface area (Å²) in [5, 5.41) is 10.8. The van der Waals surface area contributed by atoms with Crippen molar-refractivity contribution in [2.24, 2.45) is 0 Å². The van der Waals surface area contributed by atoms with Crippen molar-refractivity contribution in [3.63, 3.8) is 0 Å². The molecule has 114 valence electrons. The minimum Gasteiger partial charge on any atom is -0.387 e. The first-order chi connectivity index (χ1) is 10.8. The van der Waals surface area contributed by atoms with Crippen molar-refractivity contribution in [2.75, 3.05) is 0 Å². The molecule has 0 aliphatic heterocycles. The molecule has 0 amide bonds. The second kappa shape index (κ2) is 5.57. The highest BCUT2D eigenvalue weighted by molar-refractivity contribution is 7.13. The molecular formula is C15H16N4O2S. The van der Waals surface area contributed by atoms with Crippen LogP contribution < -0.4 is 5.76 Å². The number of aromatic nitrogens is 4. The van der Waals surface area contributed by atoms with E-state index in [1.807, 2.05) is 34.5 Å². The first kappa shape index (κ1) is 13.5. The molecule has 0 spiro atoms. The molecule has 1 aliphatic rings. The maximum atomic E-state index is 11.9. The van der Waals surface area contributed by atoms with Gasteiger partial charge in [-0.2, -0.15) is 9.78 Å². The summed E-state index contributed by atoms with van der Waals surface area (Å²) in [6, 6.07) is 6.24. The van der Waals surface area contributed by atoms with Crippen LogP contribution in [0.25, 0.3) is 10.8 Å². The smallest absolute Gasteiger partial charge is 0.387 e. The number of hydrogen-bond acceptors (Lipinski definition) is 5. The van der Waals surface area contributed by atoms with Gasteiger partial charge in [0.2, 0.25) is 0 Å². The van der Waals surface area contributed by atoms with Gasteiger partial charge in [-0.25, -0.2) is 4.79 Å². The van der Waals surface area contributed by atoms with E-state index in [1.165, 1.54) is 41.7 Å². The molecule has 1 saturated carbocycles. The Balaban J connectivity index is 1.55. The Kier molecular flexibility index (Phi) is 3.42. The van der Waals surface area contributed by atoms with Crippen molar-refractivity contribution >= 4 is 11.3 Å². The molecule has 0 saturated heterocycles. The third-order valence-corrected chi connectivity index (χ3v) is 4.87. The summed E-state index contributed by atoms with van der Waals surface area (Å²) in [5.41, 5.74) is 0.833. The number of hydrogen-bond donors (Lipinski definition) is 0. The van der Waals surface area contributed by atoms with E-state index >= 15 is 0 Å². The molecular weight excluding hydrogens is 300 g/mol. The minimum atomic E-state index is -0.446. The third-order valence-electron chi connectivity index (χ3n) is 4.01. The fourth-order valence-corrected chi connectivity index (χ4v) is 3.54. The molecule has 3 heterocycles. The highest BCUT2D eigenvalue weighted by Gasteiger charge is 2.18. The molecule has 0 bridgehead atoms. The van der Waals surface area contributed by atoms with Crippen molar-refractivity contribution in [3.05, 3.63) is 46.0 Å². The van der Waals surface area contributed by atoms with Crippen LogP contribution in [-0.4, -0.2) is 19.6 Å². The summed E-state index contributed by atoms with van der Waals surface area (Å²) in [6.07, 6.45) is 6.91. The normalized spacial score (nSPS) is 15.6. The van der Waals surface area contributed by atoms with Crippen LogP contribution in [0.4, 0.5) is 0 Å². The molecule has 0 unspecified atom stereocenters. The molecule has 4 rings (SSSR count). The summed E-state index contributed by atoms with van der Waals surface area (Å²) in [7, 11) is 0. The predicted octanol–water partition coefficient (Wildman–Crippen LogP) is 2.92. The molecule has 1 fully saturated rings. The van der Waals surface area contributed by atoms with Crippen LogP contribution in [0.5, 0.6) is 0 Å². The summed E-state index contributed by atoms with van der Waals surface area (Å²) >= 11 is 1.50. The van der Waals surface area contributed by atoms with Gasteiger partial charge >= 0.3 is 5.76 Å². The minimum absolute atomic E-state index is 0.341. The van der Waals surface area contributed by atoms with Gasteiger partial charge in [-0.3, -0.25) is 4.68 Å². The average molecular weight is 316 g/mol. The first-order valence-electron chi connectivity index (χ1n) is 7.45. The van der Waals surface area contributed by atoms with Gasteiger partial charge in [0.05, 0.1) is 23.2 Å². The van der Waals surface area contributed by atoms with Crippen molar-refractivity contribution in [2.45, 2.75) is 38.3 Å². The molecule has 7 heteroatoms. The summed E-state index contributed by atoms with van der Waals surface area (Å²) in [6.45, 7) is 0.341. The molecule has 0 N–H and O–H groups in total. The topological polar surface area (TPSA) is 65.8 Å². The Morgan fingerprint density at radius 3 is 2.91 bits per heavy atom. The van der Waals surface area contributed by atoms with Crippen LogP contribution in [-0.2, 0) is 6.54 Å². The van der Waals surface area contributed by atoms with Crippen molar-refractivity contribution in [1.82, 2.24) is 19.6 Å². The molecule has 0 radical (unpaired) electrons. The Hall–Kier alpha value is -2.15. The number of rotatable bonds is 4. The lowest BCUT2D eigenvalue weighted by Gasteiger charge is -2.08. The lowest BCUT2D eigenvalue weighted by atomic mass is 10.3. The molecule has 6 nitrogen and oxygen atoms in total. The molecule has 3 aromatic rings. The zero-order valence-electron chi connectivity index (χ0n) is 12.0. The predicted molar refractivity (Wildman–Crippen MR) is 82.9 cm³/mol. The Morgan fingerprint density at radius 2 is 2.14 bits per heavy atom. The van der Waals surface area contributed by atoms with E-state index < -0.39 is 5.76 Å². The van der Waals surface area contributed by atoms with E-state index in [0.717, 1.165) is 10.6 Å². The molecule has 22 heavy (non-hydrogen) atoms. The molecule has 1 aliphatic carbocycles. The first-order valence-corrected chi connectivity index (χ1v) is 8.33. The van der Waals surface area contributed by atoms with Gasteiger partial charge in [0.1, 0.15) is 0 Å². The van der Waals surface area contributed by atoms with Crippen LogP contribution in [0.3, 0.4) is 0 Å². The Morgan fingerprint density at radius 1 is 1.27 bits per heavy atom. The lowest BCUT2D eigenvalue weighted by molar-refractivity contribution is 0.456. The second-order valence-corrected chi connectivity index (χ2v) is 6.48. The SMILES string of the molecule is O=c1oc(-c2cccs2)nn1Cc1ccn(C2CCCC2)n1. The second-order valence-electron chi connectivity index (χ2n) is 5.53. The zero-order valence-corrected chi connectivity index (χ0v) is 12.8. The van der Waals surface area contributed by atoms with Crippen LogP contribution in [0.15, 0.2) is 39.0 Å². The fourth-order valence-electron chi connectivity index (χ4n) is 2.89. The number of thiophene rings is 1. The summed E-state index contributed by atoms with van der Waals surface area (Å²) < 4.78 is 8.56. The largest absolute Gasteiger partial charge is 0.437 e. The standard InChI is InChI=1S/C15H16N4O2S/c20-15-19(17-14(21-15)13-6-3-9-22-13)10-11-7-8-18(16-11)12-4-1-2-5-12/h3,6-9,12H,1-2,4-5,10H2. The molecule has 0 atom stereocenters. The number of nitrogens with zero attached hydrogens (tertiary/aromatic N) is 4. The fraction of sp³-hybridized carbons (Fsp3) is 0.400. The Bertz CT molecular complexity index is 809. The van der Waals surface area contributed by atoms with E-state index in [-0.39, 0.29) is 0 Å².